The average molecular weight is 154 g/mol. The van der Waals surface area contributed by atoms with Crippen LogP contribution in [0, 0.1) is 0 Å². The summed E-state index contributed by atoms with van der Waals surface area (Å²) in [7, 11) is 0. The van der Waals surface area contributed by atoms with E-state index in [4.69, 9.17) is 0 Å². The quantitative estimate of drug-likeness (QED) is 0.615. The minimum absolute atomic E-state index is 0.170. The Bertz CT molecular complexity index is 175. The Balaban J connectivity index is 2.17. The molecule has 0 radical (unpaired) electrons. The summed E-state index contributed by atoms with van der Waals surface area (Å²) in [6.07, 6.45) is 4.58. The minimum Gasteiger partial charge on any atom is -0.331 e. The minimum atomic E-state index is -0.170. The van der Waals surface area contributed by atoms with Crippen LogP contribution in [0.25, 0.3) is 0 Å². The smallest absolute Gasteiger partial charge is 0.331 e. The van der Waals surface area contributed by atoms with Gasteiger partial charge in [0.15, 0.2) is 0 Å². The fourth-order valence-corrected chi connectivity index (χ4v) is 1.12. The van der Waals surface area contributed by atoms with E-state index in [9.17, 15) is 4.79 Å². The number of urea groups is 1. The summed E-state index contributed by atoms with van der Waals surface area (Å²) in [5, 5.41) is 2.65. The van der Waals surface area contributed by atoms with Gasteiger partial charge in [-0.25, -0.2) is 9.79 Å². The van der Waals surface area contributed by atoms with Crippen molar-refractivity contribution < 1.29 is 4.79 Å². The molecule has 0 aliphatic carbocycles. The van der Waals surface area contributed by atoms with Crippen molar-refractivity contribution in [2.45, 2.75) is 32.6 Å². The zero-order valence-corrected chi connectivity index (χ0v) is 6.89. The maximum atomic E-state index is 10.6. The molecule has 0 spiro atoms. The van der Waals surface area contributed by atoms with Crippen LogP contribution in [0.2, 0.25) is 0 Å². The molecule has 11 heavy (non-hydrogen) atoms. The molecule has 3 nitrogen and oxygen atoms in total. The first kappa shape index (κ1) is 8.24. The number of hydrogen-bond donors (Lipinski definition) is 1. The molecular formula is C8H14N2O. The van der Waals surface area contributed by atoms with E-state index in [-0.39, 0.29) is 6.03 Å². The lowest BCUT2D eigenvalue weighted by molar-refractivity contribution is 0.252. The van der Waals surface area contributed by atoms with Crippen LogP contribution >= 0.6 is 0 Å². The number of carbonyl (C=O) groups is 1. The Morgan fingerprint density at radius 3 is 2.91 bits per heavy atom. The fraction of sp³-hybridized carbons (Fsp3) is 0.750. The van der Waals surface area contributed by atoms with Crippen LogP contribution in [0.4, 0.5) is 4.79 Å². The summed E-state index contributed by atoms with van der Waals surface area (Å²) < 4.78 is 0. The van der Waals surface area contributed by atoms with Gasteiger partial charge >= 0.3 is 6.03 Å². The Morgan fingerprint density at radius 2 is 2.36 bits per heavy atom. The maximum Gasteiger partial charge on any atom is 0.341 e. The number of nitrogens with zero attached hydrogens (tertiary/aromatic N) is 1. The van der Waals surface area contributed by atoms with Crippen LogP contribution in [0.5, 0.6) is 0 Å². The van der Waals surface area contributed by atoms with E-state index in [1.54, 1.807) is 0 Å². The van der Waals surface area contributed by atoms with Crippen molar-refractivity contribution in [2.24, 2.45) is 4.99 Å². The van der Waals surface area contributed by atoms with Gasteiger partial charge in [0.2, 0.25) is 0 Å². The number of carbonyl (C=O) groups excluding carboxylic acids is 1. The Kier molecular flexibility index (Phi) is 3.08. The summed E-state index contributed by atoms with van der Waals surface area (Å²) in [5.41, 5.74) is 1.02. The Morgan fingerprint density at radius 1 is 1.55 bits per heavy atom. The topological polar surface area (TPSA) is 41.5 Å². The van der Waals surface area contributed by atoms with Crippen LogP contribution in [-0.4, -0.2) is 18.3 Å². The largest absolute Gasteiger partial charge is 0.341 e. The molecule has 2 amide bonds. The van der Waals surface area contributed by atoms with E-state index in [1.165, 1.54) is 12.8 Å². The molecule has 0 saturated carbocycles. The number of hydrogen-bond acceptors (Lipinski definition) is 1. The third kappa shape index (κ3) is 2.70. The van der Waals surface area contributed by atoms with E-state index < -0.39 is 0 Å². The normalized spacial score (nSPS) is 16.5. The van der Waals surface area contributed by atoms with Gasteiger partial charge in [-0.2, -0.15) is 0 Å². The van der Waals surface area contributed by atoms with E-state index in [0.29, 0.717) is 6.54 Å². The van der Waals surface area contributed by atoms with E-state index in [1.807, 2.05) is 0 Å². The molecule has 1 heterocycles. The molecular weight excluding hydrogens is 140 g/mol. The van der Waals surface area contributed by atoms with Crippen LogP contribution in [0.1, 0.15) is 32.6 Å². The number of aliphatic imine (C=N–C) groups is 1. The molecule has 1 aliphatic rings. The highest BCUT2D eigenvalue weighted by Crippen LogP contribution is 2.03. The first-order valence-corrected chi connectivity index (χ1v) is 4.17. The zero-order valence-electron chi connectivity index (χ0n) is 6.89. The SMILES string of the molecule is CCCCCC1=NC(=O)NC1. The predicted octanol–water partition coefficient (Wildman–Crippen LogP) is 1.73. The highest BCUT2D eigenvalue weighted by atomic mass is 16.2. The van der Waals surface area contributed by atoms with Gasteiger partial charge in [-0.1, -0.05) is 19.8 Å². The van der Waals surface area contributed by atoms with Gasteiger partial charge in [0.05, 0.1) is 6.54 Å². The van der Waals surface area contributed by atoms with Crippen molar-refractivity contribution in [3.05, 3.63) is 0 Å². The second-order valence-corrected chi connectivity index (χ2v) is 2.79. The molecule has 0 aromatic heterocycles. The Hall–Kier alpha value is -0.860. The summed E-state index contributed by atoms with van der Waals surface area (Å²) in [6, 6.07) is -0.170. The van der Waals surface area contributed by atoms with Crippen molar-refractivity contribution in [3.8, 4) is 0 Å². The lowest BCUT2D eigenvalue weighted by atomic mass is 10.1. The highest BCUT2D eigenvalue weighted by Gasteiger charge is 2.10. The van der Waals surface area contributed by atoms with Crippen molar-refractivity contribution >= 4 is 11.7 Å². The van der Waals surface area contributed by atoms with Gasteiger partial charge in [-0.05, 0) is 12.8 Å². The molecule has 1 aliphatic heterocycles. The molecule has 0 bridgehead atoms. The van der Waals surface area contributed by atoms with Gasteiger partial charge in [0, 0.05) is 5.71 Å². The summed E-state index contributed by atoms with van der Waals surface area (Å²) in [4.78, 5) is 14.4. The third-order valence-electron chi connectivity index (χ3n) is 1.77. The van der Waals surface area contributed by atoms with Crippen molar-refractivity contribution in [1.29, 1.82) is 0 Å². The van der Waals surface area contributed by atoms with E-state index >= 15 is 0 Å². The molecule has 1 N–H and O–H groups in total. The highest BCUT2D eigenvalue weighted by molar-refractivity contribution is 6.02. The average Bonchev–Trinajstić information content (AvgIpc) is 2.37. The van der Waals surface area contributed by atoms with Crippen molar-refractivity contribution in [2.75, 3.05) is 6.54 Å². The van der Waals surface area contributed by atoms with E-state index in [2.05, 4.69) is 17.2 Å². The molecule has 0 fully saturated rings. The van der Waals surface area contributed by atoms with Gasteiger partial charge in [-0.15, -0.1) is 0 Å². The number of unbranched alkanes of at least 4 members (excludes halogenated alkanes) is 2. The fourth-order valence-electron chi connectivity index (χ4n) is 1.12. The molecule has 0 atom stereocenters. The first-order valence-electron chi connectivity index (χ1n) is 4.17. The van der Waals surface area contributed by atoms with Gasteiger partial charge < -0.3 is 5.32 Å². The van der Waals surface area contributed by atoms with Gasteiger partial charge in [0.25, 0.3) is 0 Å². The second-order valence-electron chi connectivity index (χ2n) is 2.79. The van der Waals surface area contributed by atoms with E-state index in [0.717, 1.165) is 18.6 Å². The third-order valence-corrected chi connectivity index (χ3v) is 1.77. The predicted molar refractivity (Wildman–Crippen MR) is 45.0 cm³/mol. The summed E-state index contributed by atoms with van der Waals surface area (Å²) in [5.74, 6) is 0. The number of amides is 2. The maximum absolute atomic E-state index is 10.6. The van der Waals surface area contributed by atoms with Crippen LogP contribution in [-0.2, 0) is 0 Å². The second kappa shape index (κ2) is 4.11. The summed E-state index contributed by atoms with van der Waals surface area (Å²) >= 11 is 0. The number of rotatable bonds is 4. The molecule has 0 saturated heterocycles. The molecule has 3 heteroatoms. The van der Waals surface area contributed by atoms with Gasteiger partial charge in [0.1, 0.15) is 0 Å². The first-order chi connectivity index (χ1) is 5.33. The molecule has 0 unspecified atom stereocenters. The van der Waals surface area contributed by atoms with Crippen LogP contribution < -0.4 is 5.32 Å². The molecule has 62 valence electrons. The number of nitrogens with one attached hydrogen (secondary N) is 1. The lowest BCUT2D eigenvalue weighted by Crippen LogP contribution is -2.16. The van der Waals surface area contributed by atoms with Gasteiger partial charge in [-0.3, -0.25) is 0 Å². The van der Waals surface area contributed by atoms with Crippen LogP contribution in [0.3, 0.4) is 0 Å². The zero-order chi connectivity index (χ0) is 8.10. The Labute approximate surface area is 66.9 Å². The molecule has 0 aromatic carbocycles. The lowest BCUT2D eigenvalue weighted by Gasteiger charge is -1.96. The van der Waals surface area contributed by atoms with Crippen LogP contribution in [0.15, 0.2) is 4.99 Å². The standard InChI is InChI=1S/C8H14N2O/c1-2-3-4-5-7-6-9-8(11)10-7/h2-6H2,1H3,(H,9,11). The molecule has 0 aromatic rings. The molecule has 1 rings (SSSR count). The van der Waals surface area contributed by atoms with Crippen molar-refractivity contribution in [1.82, 2.24) is 5.32 Å². The monoisotopic (exact) mass is 154 g/mol. The van der Waals surface area contributed by atoms with Crippen molar-refractivity contribution in [3.63, 3.8) is 0 Å². The summed E-state index contributed by atoms with van der Waals surface area (Å²) in [6.45, 7) is 2.84.